The van der Waals surface area contributed by atoms with E-state index in [-0.39, 0.29) is 11.3 Å². The van der Waals surface area contributed by atoms with Crippen LogP contribution in [0.25, 0.3) is 5.65 Å². The number of hydrogen-bond acceptors (Lipinski definition) is 4. The monoisotopic (exact) mass is 334 g/mol. The molecule has 0 bridgehead atoms. The molecule has 0 radical (unpaired) electrons. The maximum atomic E-state index is 14.2. The fourth-order valence-corrected chi connectivity index (χ4v) is 2.44. The van der Waals surface area contributed by atoms with E-state index in [9.17, 15) is 18.0 Å². The molecule has 0 amide bonds. The Morgan fingerprint density at radius 1 is 1.25 bits per heavy atom. The van der Waals surface area contributed by atoms with Crippen LogP contribution in [0.5, 0.6) is 0 Å². The van der Waals surface area contributed by atoms with E-state index >= 15 is 0 Å². The second kappa shape index (κ2) is 6.31. The van der Waals surface area contributed by atoms with Gasteiger partial charge in [0.15, 0.2) is 6.29 Å². The largest absolute Gasteiger partial charge is 0.349 e. The van der Waals surface area contributed by atoms with Gasteiger partial charge in [0.2, 0.25) is 5.95 Å². The Hall–Kier alpha value is -2.90. The van der Waals surface area contributed by atoms with Gasteiger partial charge in [-0.05, 0) is 13.0 Å². The summed E-state index contributed by atoms with van der Waals surface area (Å²) in [6.45, 7) is 1.63. The average molecular weight is 334 g/mol. The van der Waals surface area contributed by atoms with Gasteiger partial charge in [-0.1, -0.05) is 18.2 Å². The lowest BCUT2D eigenvalue weighted by Crippen LogP contribution is -2.13. The predicted octanol–water partition coefficient (Wildman–Crippen LogP) is 3.79. The highest BCUT2D eigenvalue weighted by molar-refractivity contribution is 5.73. The zero-order chi connectivity index (χ0) is 17.3. The molecule has 0 aliphatic heterocycles. The molecule has 3 aromatic rings. The molecule has 0 aliphatic rings. The Morgan fingerprint density at radius 3 is 2.71 bits per heavy atom. The van der Waals surface area contributed by atoms with Gasteiger partial charge in [-0.3, -0.25) is 9.20 Å². The predicted molar refractivity (Wildman–Crippen MR) is 81.8 cm³/mol. The molecule has 2 aromatic heterocycles. The number of carbonyl (C=O) groups excluding carboxylic acids is 1. The number of imidazole rings is 1. The normalized spacial score (nSPS) is 12.5. The van der Waals surface area contributed by atoms with Gasteiger partial charge in [-0.15, -0.1) is 0 Å². The van der Waals surface area contributed by atoms with Crippen molar-refractivity contribution >= 4 is 17.9 Å². The Bertz CT molecular complexity index is 894. The minimum Gasteiger partial charge on any atom is -0.349 e. The van der Waals surface area contributed by atoms with E-state index in [0.717, 1.165) is 6.07 Å². The van der Waals surface area contributed by atoms with Gasteiger partial charge in [-0.25, -0.2) is 23.1 Å². The molecule has 0 fully saturated rings. The molecule has 0 aliphatic carbocycles. The molecule has 8 heteroatoms. The summed E-state index contributed by atoms with van der Waals surface area (Å²) >= 11 is 0. The molecule has 0 unspecified atom stereocenters. The van der Waals surface area contributed by atoms with Crippen LogP contribution in [0.3, 0.4) is 0 Å². The molecule has 0 saturated heterocycles. The van der Waals surface area contributed by atoms with Gasteiger partial charge in [0.25, 0.3) is 6.43 Å². The summed E-state index contributed by atoms with van der Waals surface area (Å²) in [6.07, 6.45) is 0.683. The number of hydrogen-bond donors (Lipinski definition) is 1. The molecule has 1 atom stereocenters. The van der Waals surface area contributed by atoms with E-state index in [2.05, 4.69) is 15.3 Å². The Labute approximate surface area is 135 Å². The molecular formula is C16H13F3N4O. The fraction of sp³-hybridized carbons (Fsp3) is 0.188. The number of alkyl halides is 2. The number of nitrogens with one attached hydrogen (secondary N) is 1. The molecule has 124 valence electrons. The lowest BCUT2D eigenvalue weighted by Gasteiger charge is -2.17. The van der Waals surface area contributed by atoms with E-state index in [0.29, 0.717) is 17.9 Å². The molecule has 3 rings (SSSR count). The Balaban J connectivity index is 1.96. The quantitative estimate of drug-likeness (QED) is 0.721. The van der Waals surface area contributed by atoms with Crippen molar-refractivity contribution < 1.29 is 18.0 Å². The van der Waals surface area contributed by atoms with Gasteiger partial charge in [0.1, 0.15) is 17.2 Å². The van der Waals surface area contributed by atoms with Gasteiger partial charge in [0.05, 0.1) is 11.6 Å². The Kier molecular flexibility index (Phi) is 4.20. The van der Waals surface area contributed by atoms with Gasteiger partial charge < -0.3 is 5.32 Å². The van der Waals surface area contributed by atoms with Crippen molar-refractivity contribution in [3.05, 3.63) is 59.3 Å². The summed E-state index contributed by atoms with van der Waals surface area (Å²) in [6, 6.07) is 4.86. The zero-order valence-electron chi connectivity index (χ0n) is 12.6. The standard InChI is InChI=1S/C16H13F3N4O/c1-9(11-3-2-4-12(14(11)17)15(18)19)21-16-20-6-5-13-22-10(8-24)7-23(13)16/h2-9,15H,1H3,(H,20,21)/t9-/m1/s1. The summed E-state index contributed by atoms with van der Waals surface area (Å²) in [5, 5.41) is 2.96. The maximum Gasteiger partial charge on any atom is 0.266 e. The van der Waals surface area contributed by atoms with Crippen LogP contribution in [0.2, 0.25) is 0 Å². The second-order valence-corrected chi connectivity index (χ2v) is 5.20. The van der Waals surface area contributed by atoms with Crippen LogP contribution in [0, 0.1) is 5.82 Å². The number of anilines is 1. The fourth-order valence-electron chi connectivity index (χ4n) is 2.44. The minimum absolute atomic E-state index is 0.0994. The van der Waals surface area contributed by atoms with Gasteiger partial charge >= 0.3 is 0 Å². The van der Waals surface area contributed by atoms with E-state index < -0.39 is 23.8 Å². The third kappa shape index (κ3) is 2.82. The van der Waals surface area contributed by atoms with Crippen molar-refractivity contribution in [2.75, 3.05) is 5.32 Å². The highest BCUT2D eigenvalue weighted by Crippen LogP contribution is 2.28. The van der Waals surface area contributed by atoms with Crippen molar-refractivity contribution in [3.63, 3.8) is 0 Å². The molecule has 0 spiro atoms. The molecule has 1 N–H and O–H groups in total. The van der Waals surface area contributed by atoms with Crippen LogP contribution in [0.1, 0.15) is 41.0 Å². The van der Waals surface area contributed by atoms with E-state index in [1.807, 2.05) is 0 Å². The van der Waals surface area contributed by atoms with Gasteiger partial charge in [-0.2, -0.15) is 0 Å². The number of nitrogens with zero attached hydrogens (tertiary/aromatic N) is 3. The number of halogens is 3. The minimum atomic E-state index is -2.89. The van der Waals surface area contributed by atoms with Crippen molar-refractivity contribution in [2.45, 2.75) is 19.4 Å². The third-order valence-electron chi connectivity index (χ3n) is 3.63. The van der Waals surface area contributed by atoms with E-state index in [4.69, 9.17) is 0 Å². The van der Waals surface area contributed by atoms with Crippen LogP contribution in [-0.2, 0) is 0 Å². The molecule has 5 nitrogen and oxygen atoms in total. The van der Waals surface area contributed by atoms with Crippen LogP contribution in [0.15, 0.2) is 36.7 Å². The summed E-state index contributed by atoms with van der Waals surface area (Å²) in [5.74, 6) is -0.624. The summed E-state index contributed by atoms with van der Waals surface area (Å²) in [5.41, 5.74) is 0.175. The molecule has 0 saturated carbocycles. The second-order valence-electron chi connectivity index (χ2n) is 5.20. The van der Waals surface area contributed by atoms with Gasteiger partial charge in [0, 0.05) is 18.0 Å². The highest BCUT2D eigenvalue weighted by Gasteiger charge is 2.20. The highest BCUT2D eigenvalue weighted by atomic mass is 19.3. The number of rotatable bonds is 5. The first kappa shape index (κ1) is 16.0. The summed E-state index contributed by atoms with van der Waals surface area (Å²) < 4.78 is 41.4. The summed E-state index contributed by atoms with van der Waals surface area (Å²) in [7, 11) is 0. The topological polar surface area (TPSA) is 59.3 Å². The SMILES string of the molecule is C[C@@H](Nc1nccc2nc(C=O)cn12)c1cccc(C(F)F)c1F. The van der Waals surface area contributed by atoms with E-state index in [1.54, 1.807) is 13.0 Å². The summed E-state index contributed by atoms with van der Waals surface area (Å²) in [4.78, 5) is 19.0. The number of aldehydes is 1. The molecule has 1 aromatic carbocycles. The lowest BCUT2D eigenvalue weighted by atomic mass is 10.0. The lowest BCUT2D eigenvalue weighted by molar-refractivity contribution is 0.111. The first-order chi connectivity index (χ1) is 11.5. The van der Waals surface area contributed by atoms with Crippen molar-refractivity contribution in [1.82, 2.24) is 14.4 Å². The van der Waals surface area contributed by atoms with Crippen LogP contribution in [0.4, 0.5) is 19.1 Å². The molecule has 2 heterocycles. The van der Waals surface area contributed by atoms with Crippen molar-refractivity contribution in [2.24, 2.45) is 0 Å². The average Bonchev–Trinajstić information content (AvgIpc) is 2.99. The number of carbonyl (C=O) groups is 1. The Morgan fingerprint density at radius 2 is 2.00 bits per heavy atom. The first-order valence-electron chi connectivity index (χ1n) is 7.13. The van der Waals surface area contributed by atoms with Crippen LogP contribution >= 0.6 is 0 Å². The molecule has 24 heavy (non-hydrogen) atoms. The van der Waals surface area contributed by atoms with Crippen LogP contribution in [-0.4, -0.2) is 20.7 Å². The maximum absolute atomic E-state index is 14.2. The van der Waals surface area contributed by atoms with Crippen LogP contribution < -0.4 is 5.32 Å². The van der Waals surface area contributed by atoms with E-state index in [1.165, 1.54) is 28.9 Å². The van der Waals surface area contributed by atoms with Crippen molar-refractivity contribution in [1.29, 1.82) is 0 Å². The number of aromatic nitrogens is 3. The zero-order valence-corrected chi connectivity index (χ0v) is 12.6. The first-order valence-corrected chi connectivity index (χ1v) is 7.13. The third-order valence-corrected chi connectivity index (χ3v) is 3.63. The van der Waals surface area contributed by atoms with Crippen molar-refractivity contribution in [3.8, 4) is 0 Å². The molecular weight excluding hydrogens is 321 g/mol. The number of fused-ring (bicyclic) bond motifs is 1. The number of benzene rings is 1. The smallest absolute Gasteiger partial charge is 0.266 e.